The van der Waals surface area contributed by atoms with Crippen molar-refractivity contribution in [2.45, 2.75) is 39.2 Å². The second kappa shape index (κ2) is 10.9. The lowest BCUT2D eigenvalue weighted by molar-refractivity contribution is 0.148. The van der Waals surface area contributed by atoms with Gasteiger partial charge in [-0.2, -0.15) is 0 Å². The monoisotopic (exact) mass is 471 g/mol. The van der Waals surface area contributed by atoms with Crippen LogP contribution in [0.25, 0.3) is 16.6 Å². The molecule has 186 valence electrons. The first-order chi connectivity index (χ1) is 17.1. The molecular weight excluding hydrogens is 430 g/mol. The molecule has 0 amide bonds. The standard InChI is InChI=1S/C30H41N5/c1-4-10-28(31-26-13-9-14-27(22-26)35-15-6-5-7-16-35)29-21-24-11-8-12-25(30(24)33(29)3)23-34-19-17-32(2)18-20-34/h8-14,21-22,31H,4-7,15-20,23H2,1-3H3/b28-10-. The van der Waals surface area contributed by atoms with Gasteiger partial charge in [0.25, 0.3) is 0 Å². The Bertz CT molecular complexity index is 1160. The van der Waals surface area contributed by atoms with Gasteiger partial charge in [-0.05, 0) is 62.6 Å². The van der Waals surface area contributed by atoms with Gasteiger partial charge in [-0.3, -0.25) is 4.90 Å². The number of fused-ring (bicyclic) bond motifs is 1. The van der Waals surface area contributed by atoms with Crippen molar-refractivity contribution in [1.29, 1.82) is 0 Å². The molecule has 0 atom stereocenters. The van der Waals surface area contributed by atoms with Gasteiger partial charge in [0.15, 0.2) is 0 Å². The highest BCUT2D eigenvalue weighted by Gasteiger charge is 2.18. The van der Waals surface area contributed by atoms with Crippen LogP contribution in [0.4, 0.5) is 11.4 Å². The zero-order chi connectivity index (χ0) is 24.2. The summed E-state index contributed by atoms with van der Waals surface area (Å²) in [4.78, 5) is 7.54. The van der Waals surface area contributed by atoms with E-state index in [1.807, 2.05) is 0 Å². The molecule has 0 bridgehead atoms. The van der Waals surface area contributed by atoms with Crippen LogP contribution in [0, 0.1) is 0 Å². The molecule has 3 heterocycles. The molecule has 5 rings (SSSR count). The Morgan fingerprint density at radius 2 is 1.66 bits per heavy atom. The summed E-state index contributed by atoms with van der Waals surface area (Å²) in [6.07, 6.45) is 7.26. The molecule has 0 saturated carbocycles. The number of hydrogen-bond donors (Lipinski definition) is 1. The van der Waals surface area contributed by atoms with Crippen molar-refractivity contribution in [3.8, 4) is 0 Å². The third kappa shape index (κ3) is 5.41. The average Bonchev–Trinajstić information content (AvgIpc) is 3.23. The predicted molar refractivity (Wildman–Crippen MR) is 150 cm³/mol. The highest BCUT2D eigenvalue weighted by Crippen LogP contribution is 2.30. The fraction of sp³-hybridized carbons (Fsp3) is 0.467. The number of piperazine rings is 1. The Balaban J connectivity index is 1.42. The summed E-state index contributed by atoms with van der Waals surface area (Å²) in [5.74, 6) is 0. The molecule has 35 heavy (non-hydrogen) atoms. The van der Waals surface area contributed by atoms with E-state index >= 15 is 0 Å². The predicted octanol–water partition coefficient (Wildman–Crippen LogP) is 5.78. The highest BCUT2D eigenvalue weighted by atomic mass is 15.2. The lowest BCUT2D eigenvalue weighted by Gasteiger charge is -2.32. The fourth-order valence-corrected chi connectivity index (χ4v) is 5.65. The number of anilines is 2. The molecule has 0 unspecified atom stereocenters. The van der Waals surface area contributed by atoms with E-state index in [1.165, 1.54) is 65.9 Å². The van der Waals surface area contributed by atoms with Gasteiger partial charge in [0.2, 0.25) is 0 Å². The molecule has 5 heteroatoms. The normalized spacial score (nSPS) is 18.4. The van der Waals surface area contributed by atoms with Gasteiger partial charge in [0, 0.05) is 69.6 Å². The molecule has 2 aliphatic heterocycles. The second-order valence-corrected chi connectivity index (χ2v) is 10.3. The summed E-state index contributed by atoms with van der Waals surface area (Å²) in [6.45, 7) is 10.1. The first kappa shape index (κ1) is 24.0. The fourth-order valence-electron chi connectivity index (χ4n) is 5.65. The zero-order valence-corrected chi connectivity index (χ0v) is 21.8. The first-order valence-corrected chi connectivity index (χ1v) is 13.4. The van der Waals surface area contributed by atoms with E-state index in [4.69, 9.17) is 0 Å². The van der Waals surface area contributed by atoms with Crippen LogP contribution in [-0.2, 0) is 13.6 Å². The Morgan fingerprint density at radius 1 is 0.886 bits per heavy atom. The smallest absolute Gasteiger partial charge is 0.0651 e. The van der Waals surface area contributed by atoms with E-state index in [-0.39, 0.29) is 0 Å². The summed E-state index contributed by atoms with van der Waals surface area (Å²) >= 11 is 0. The molecule has 2 fully saturated rings. The number of allylic oxidation sites excluding steroid dienone is 1. The quantitative estimate of drug-likeness (QED) is 0.473. The summed E-state index contributed by atoms with van der Waals surface area (Å²) in [5, 5.41) is 5.10. The van der Waals surface area contributed by atoms with Crippen LogP contribution in [0.3, 0.4) is 0 Å². The topological polar surface area (TPSA) is 26.7 Å². The van der Waals surface area contributed by atoms with Gasteiger partial charge in [0.1, 0.15) is 0 Å². The van der Waals surface area contributed by atoms with Crippen molar-refractivity contribution in [2.24, 2.45) is 7.05 Å². The molecule has 1 N–H and O–H groups in total. The maximum atomic E-state index is 3.78. The maximum absolute atomic E-state index is 3.78. The Hall–Kier alpha value is -2.76. The Kier molecular flexibility index (Phi) is 7.45. The summed E-state index contributed by atoms with van der Waals surface area (Å²) in [5.41, 5.74) is 7.70. The van der Waals surface area contributed by atoms with E-state index in [9.17, 15) is 0 Å². The van der Waals surface area contributed by atoms with E-state index < -0.39 is 0 Å². The molecule has 5 nitrogen and oxygen atoms in total. The van der Waals surface area contributed by atoms with Crippen molar-refractivity contribution < 1.29 is 0 Å². The van der Waals surface area contributed by atoms with Gasteiger partial charge in [-0.15, -0.1) is 0 Å². The number of likely N-dealkylation sites (N-methyl/N-ethyl adjacent to an activating group) is 1. The second-order valence-electron chi connectivity index (χ2n) is 10.3. The van der Waals surface area contributed by atoms with Crippen LogP contribution < -0.4 is 10.2 Å². The van der Waals surface area contributed by atoms with Gasteiger partial charge in [-0.1, -0.05) is 37.3 Å². The molecule has 2 aliphatic rings. The first-order valence-electron chi connectivity index (χ1n) is 13.4. The van der Waals surface area contributed by atoms with Crippen LogP contribution >= 0.6 is 0 Å². The molecule has 2 saturated heterocycles. The Labute approximate surface area is 211 Å². The van der Waals surface area contributed by atoms with Crippen LogP contribution in [-0.4, -0.2) is 60.7 Å². The number of aryl methyl sites for hydroxylation is 1. The molecule has 1 aromatic heterocycles. The SMILES string of the molecule is CC/C=C(\Nc1cccc(N2CCCCC2)c1)c1cc2cccc(CN3CCN(C)CC3)c2n1C. The van der Waals surface area contributed by atoms with Crippen LogP contribution in [0.5, 0.6) is 0 Å². The van der Waals surface area contributed by atoms with Crippen LogP contribution in [0.1, 0.15) is 43.9 Å². The maximum Gasteiger partial charge on any atom is 0.0651 e. The molecule has 2 aromatic carbocycles. The van der Waals surface area contributed by atoms with E-state index in [0.29, 0.717) is 0 Å². The molecular formula is C30H41N5. The number of para-hydroxylation sites is 1. The Morgan fingerprint density at radius 3 is 2.43 bits per heavy atom. The number of benzene rings is 2. The van der Waals surface area contributed by atoms with Crippen molar-refractivity contribution in [1.82, 2.24) is 14.4 Å². The van der Waals surface area contributed by atoms with E-state index in [2.05, 4.69) is 100 Å². The van der Waals surface area contributed by atoms with Crippen molar-refractivity contribution in [3.63, 3.8) is 0 Å². The number of hydrogen-bond acceptors (Lipinski definition) is 4. The van der Waals surface area contributed by atoms with Gasteiger partial charge < -0.3 is 19.7 Å². The third-order valence-corrected chi connectivity index (χ3v) is 7.66. The van der Waals surface area contributed by atoms with Gasteiger partial charge in [-0.25, -0.2) is 0 Å². The lowest BCUT2D eigenvalue weighted by Crippen LogP contribution is -2.43. The van der Waals surface area contributed by atoms with Crippen molar-refractivity contribution in [3.05, 3.63) is 65.9 Å². The van der Waals surface area contributed by atoms with Crippen LogP contribution in [0.15, 0.2) is 54.6 Å². The van der Waals surface area contributed by atoms with Crippen molar-refractivity contribution >= 4 is 28.0 Å². The summed E-state index contributed by atoms with van der Waals surface area (Å²) < 4.78 is 2.39. The number of aromatic nitrogens is 1. The molecule has 0 spiro atoms. The molecule has 3 aromatic rings. The highest BCUT2D eigenvalue weighted by molar-refractivity contribution is 5.90. The van der Waals surface area contributed by atoms with Crippen molar-refractivity contribution in [2.75, 3.05) is 56.5 Å². The average molecular weight is 472 g/mol. The number of piperidine rings is 1. The minimum atomic E-state index is 0.990. The van der Waals surface area contributed by atoms with Gasteiger partial charge >= 0.3 is 0 Å². The molecule has 0 radical (unpaired) electrons. The zero-order valence-electron chi connectivity index (χ0n) is 21.8. The number of rotatable bonds is 7. The minimum Gasteiger partial charge on any atom is -0.371 e. The summed E-state index contributed by atoms with van der Waals surface area (Å²) in [7, 11) is 4.44. The number of nitrogens with zero attached hydrogens (tertiary/aromatic N) is 4. The number of nitrogens with one attached hydrogen (secondary N) is 1. The van der Waals surface area contributed by atoms with E-state index in [1.54, 1.807) is 0 Å². The van der Waals surface area contributed by atoms with Gasteiger partial charge in [0.05, 0.1) is 16.9 Å². The van der Waals surface area contributed by atoms with E-state index in [0.717, 1.165) is 44.8 Å². The minimum absolute atomic E-state index is 0.990. The summed E-state index contributed by atoms with van der Waals surface area (Å²) in [6, 6.07) is 18.1. The lowest BCUT2D eigenvalue weighted by atomic mass is 10.1. The third-order valence-electron chi connectivity index (χ3n) is 7.66. The largest absolute Gasteiger partial charge is 0.371 e. The van der Waals surface area contributed by atoms with Crippen LogP contribution in [0.2, 0.25) is 0 Å². The molecule has 0 aliphatic carbocycles.